The Kier molecular flexibility index (Phi) is 3.68. The van der Waals surface area contributed by atoms with Crippen molar-refractivity contribution in [2.75, 3.05) is 5.32 Å². The fraction of sp³-hybridized carbons (Fsp3) is 0.333. The Morgan fingerprint density at radius 1 is 1.24 bits per heavy atom. The molecule has 90 valence electrons. The van der Waals surface area contributed by atoms with Crippen LogP contribution in [-0.2, 0) is 6.54 Å². The zero-order valence-corrected chi connectivity index (χ0v) is 10.6. The molecule has 0 atom stereocenters. The van der Waals surface area contributed by atoms with Gasteiger partial charge in [0.15, 0.2) is 0 Å². The highest BCUT2D eigenvalue weighted by atomic mass is 32.1. The van der Waals surface area contributed by atoms with Crippen LogP contribution >= 0.6 is 11.3 Å². The molecule has 3 nitrogen and oxygen atoms in total. The minimum absolute atomic E-state index is 0.216. The van der Waals surface area contributed by atoms with Gasteiger partial charge in [0.05, 0.1) is 0 Å². The molecule has 0 saturated heterocycles. The van der Waals surface area contributed by atoms with E-state index < -0.39 is 0 Å². The molecule has 0 aliphatic rings. The van der Waals surface area contributed by atoms with Gasteiger partial charge >= 0.3 is 0 Å². The van der Waals surface area contributed by atoms with Crippen molar-refractivity contribution < 1.29 is 4.39 Å². The molecule has 0 spiro atoms. The van der Waals surface area contributed by atoms with E-state index in [1.54, 1.807) is 23.5 Å². The predicted molar refractivity (Wildman–Crippen MR) is 67.7 cm³/mol. The molecule has 0 aliphatic carbocycles. The van der Waals surface area contributed by atoms with Crippen molar-refractivity contribution in [3.05, 3.63) is 40.7 Å². The lowest BCUT2D eigenvalue weighted by molar-refractivity contribution is 0.627. The summed E-state index contributed by atoms with van der Waals surface area (Å²) in [4.78, 5) is 0. The molecule has 0 unspecified atom stereocenters. The molecule has 1 N–H and O–H groups in total. The molecule has 0 fully saturated rings. The molecule has 0 aliphatic heterocycles. The van der Waals surface area contributed by atoms with Crippen LogP contribution in [0, 0.1) is 5.82 Å². The molecule has 1 aromatic heterocycles. The zero-order chi connectivity index (χ0) is 12.3. The standard InChI is InChI=1S/C12H14FN3S/c1-8(2)11-15-16-12(17-11)14-7-9-3-5-10(13)6-4-9/h3-6,8H,7H2,1-2H3,(H,14,16). The maximum Gasteiger partial charge on any atom is 0.205 e. The van der Waals surface area contributed by atoms with Gasteiger partial charge in [0, 0.05) is 12.5 Å². The van der Waals surface area contributed by atoms with Crippen LogP contribution in [0.15, 0.2) is 24.3 Å². The van der Waals surface area contributed by atoms with Crippen molar-refractivity contribution in [2.45, 2.75) is 26.3 Å². The van der Waals surface area contributed by atoms with Crippen molar-refractivity contribution in [2.24, 2.45) is 0 Å². The summed E-state index contributed by atoms with van der Waals surface area (Å²) in [6.07, 6.45) is 0. The number of nitrogens with one attached hydrogen (secondary N) is 1. The molecule has 5 heteroatoms. The first-order valence-electron chi connectivity index (χ1n) is 5.47. The SMILES string of the molecule is CC(C)c1nnc(NCc2ccc(F)cc2)s1. The molecular weight excluding hydrogens is 237 g/mol. The molecule has 0 amide bonds. The third kappa shape index (κ3) is 3.23. The third-order valence-corrected chi connectivity index (χ3v) is 3.47. The Balaban J connectivity index is 1.95. The lowest BCUT2D eigenvalue weighted by atomic mass is 10.2. The molecule has 1 aromatic carbocycles. The molecule has 0 bridgehead atoms. The summed E-state index contributed by atoms with van der Waals surface area (Å²) in [5, 5.41) is 13.1. The van der Waals surface area contributed by atoms with E-state index in [2.05, 4.69) is 29.4 Å². The van der Waals surface area contributed by atoms with E-state index >= 15 is 0 Å². The molecule has 1 heterocycles. The molecule has 2 rings (SSSR count). The average Bonchev–Trinajstić information content (AvgIpc) is 2.77. The maximum atomic E-state index is 12.7. The number of hydrogen-bond donors (Lipinski definition) is 1. The number of aromatic nitrogens is 2. The van der Waals surface area contributed by atoms with E-state index in [1.165, 1.54) is 12.1 Å². The van der Waals surface area contributed by atoms with Gasteiger partial charge in [-0.3, -0.25) is 0 Å². The molecular formula is C12H14FN3S. The number of hydrogen-bond acceptors (Lipinski definition) is 4. The molecule has 2 aromatic rings. The van der Waals surface area contributed by atoms with E-state index in [4.69, 9.17) is 0 Å². The summed E-state index contributed by atoms with van der Waals surface area (Å²) in [5.41, 5.74) is 1.02. The normalized spacial score (nSPS) is 10.8. The highest BCUT2D eigenvalue weighted by molar-refractivity contribution is 7.15. The third-order valence-electron chi connectivity index (χ3n) is 2.29. The van der Waals surface area contributed by atoms with E-state index in [1.807, 2.05) is 0 Å². The Morgan fingerprint density at radius 2 is 1.94 bits per heavy atom. The molecule has 0 radical (unpaired) electrons. The predicted octanol–water partition coefficient (Wildman–Crippen LogP) is 3.41. The van der Waals surface area contributed by atoms with Gasteiger partial charge in [0.25, 0.3) is 0 Å². The fourth-order valence-corrected chi connectivity index (χ4v) is 2.06. The van der Waals surface area contributed by atoms with Gasteiger partial charge < -0.3 is 5.32 Å². The first-order chi connectivity index (χ1) is 8.15. The second kappa shape index (κ2) is 5.23. The average molecular weight is 251 g/mol. The summed E-state index contributed by atoms with van der Waals surface area (Å²) in [7, 11) is 0. The van der Waals surface area contributed by atoms with E-state index in [-0.39, 0.29) is 5.82 Å². The van der Waals surface area contributed by atoms with Crippen LogP contribution in [0.3, 0.4) is 0 Å². The van der Waals surface area contributed by atoms with Crippen molar-refractivity contribution in [3.63, 3.8) is 0 Å². The number of anilines is 1. The van der Waals surface area contributed by atoms with Crippen molar-refractivity contribution in [1.29, 1.82) is 0 Å². The van der Waals surface area contributed by atoms with Crippen molar-refractivity contribution in [1.82, 2.24) is 10.2 Å². The number of benzene rings is 1. The number of rotatable bonds is 4. The highest BCUT2D eigenvalue weighted by Crippen LogP contribution is 2.22. The zero-order valence-electron chi connectivity index (χ0n) is 9.77. The van der Waals surface area contributed by atoms with E-state index in [0.29, 0.717) is 12.5 Å². The second-order valence-electron chi connectivity index (χ2n) is 4.08. The van der Waals surface area contributed by atoms with Gasteiger partial charge in [-0.05, 0) is 17.7 Å². The van der Waals surface area contributed by atoms with Crippen LogP contribution < -0.4 is 5.32 Å². The van der Waals surface area contributed by atoms with Gasteiger partial charge in [-0.15, -0.1) is 10.2 Å². The van der Waals surface area contributed by atoms with Crippen LogP contribution in [-0.4, -0.2) is 10.2 Å². The molecule has 17 heavy (non-hydrogen) atoms. The minimum Gasteiger partial charge on any atom is -0.356 e. The summed E-state index contributed by atoms with van der Waals surface area (Å²) in [5.74, 6) is 0.181. The maximum absolute atomic E-state index is 12.7. The van der Waals surface area contributed by atoms with Gasteiger partial charge in [-0.1, -0.05) is 37.3 Å². The van der Waals surface area contributed by atoms with Crippen LogP contribution in [0.5, 0.6) is 0 Å². The van der Waals surface area contributed by atoms with Gasteiger partial charge in [-0.25, -0.2) is 4.39 Å². The van der Waals surface area contributed by atoms with E-state index in [9.17, 15) is 4.39 Å². The van der Waals surface area contributed by atoms with Crippen LogP contribution in [0.1, 0.15) is 30.3 Å². The second-order valence-corrected chi connectivity index (χ2v) is 5.09. The first kappa shape index (κ1) is 12.0. The Labute approximate surface area is 104 Å². The van der Waals surface area contributed by atoms with Gasteiger partial charge in [0.1, 0.15) is 10.8 Å². The number of nitrogens with zero attached hydrogens (tertiary/aromatic N) is 2. The number of halogens is 1. The monoisotopic (exact) mass is 251 g/mol. The first-order valence-corrected chi connectivity index (χ1v) is 6.28. The Bertz CT molecular complexity index is 479. The summed E-state index contributed by atoms with van der Waals surface area (Å²) in [6.45, 7) is 4.81. The smallest absolute Gasteiger partial charge is 0.205 e. The van der Waals surface area contributed by atoms with Gasteiger partial charge in [-0.2, -0.15) is 0 Å². The van der Waals surface area contributed by atoms with Crippen molar-refractivity contribution in [3.8, 4) is 0 Å². The Morgan fingerprint density at radius 3 is 2.53 bits per heavy atom. The lowest BCUT2D eigenvalue weighted by Crippen LogP contribution is -1.98. The van der Waals surface area contributed by atoms with Crippen LogP contribution in [0.4, 0.5) is 9.52 Å². The molecule has 0 saturated carbocycles. The van der Waals surface area contributed by atoms with Crippen LogP contribution in [0.2, 0.25) is 0 Å². The summed E-state index contributed by atoms with van der Waals surface area (Å²) >= 11 is 1.56. The summed E-state index contributed by atoms with van der Waals surface area (Å²) < 4.78 is 12.7. The Hall–Kier alpha value is -1.49. The fourth-order valence-electron chi connectivity index (χ4n) is 1.32. The van der Waals surface area contributed by atoms with Gasteiger partial charge in [0.2, 0.25) is 5.13 Å². The quantitative estimate of drug-likeness (QED) is 0.904. The minimum atomic E-state index is -0.216. The van der Waals surface area contributed by atoms with E-state index in [0.717, 1.165) is 15.7 Å². The largest absolute Gasteiger partial charge is 0.356 e. The van der Waals surface area contributed by atoms with Crippen LogP contribution in [0.25, 0.3) is 0 Å². The summed E-state index contributed by atoms with van der Waals surface area (Å²) in [6, 6.07) is 6.42. The topological polar surface area (TPSA) is 37.8 Å². The van der Waals surface area contributed by atoms with Crippen molar-refractivity contribution >= 4 is 16.5 Å². The highest BCUT2D eigenvalue weighted by Gasteiger charge is 2.06. The lowest BCUT2D eigenvalue weighted by Gasteiger charge is -2.01.